The average Bonchev–Trinajstić information content (AvgIpc) is 2.62. The molecule has 128 valence electrons. The minimum Gasteiger partial charge on any atom is -0.504 e. The lowest BCUT2D eigenvalue weighted by molar-refractivity contribution is 0.408. The number of aromatic hydroxyl groups is 4. The molecule has 4 heteroatoms. The van der Waals surface area contributed by atoms with Crippen LogP contribution >= 0.6 is 0 Å². The number of hydrogen-bond donors (Lipinski definition) is 4. The molecule has 0 aliphatic carbocycles. The first-order chi connectivity index (χ1) is 11.6. The SMILES string of the molecule is C.Oc1ccc2ccccc2c1O.Oc1ccc2ccccc2c1O. The maximum Gasteiger partial charge on any atom is 0.165 e. The number of phenols is 4. The van der Waals surface area contributed by atoms with Crippen molar-refractivity contribution in [2.75, 3.05) is 0 Å². The highest BCUT2D eigenvalue weighted by Crippen LogP contribution is 2.33. The van der Waals surface area contributed by atoms with Crippen LogP contribution < -0.4 is 0 Å². The van der Waals surface area contributed by atoms with Crippen LogP contribution in [0, 0.1) is 0 Å². The second kappa shape index (κ2) is 7.45. The summed E-state index contributed by atoms with van der Waals surface area (Å²) in [6.45, 7) is 0. The molecule has 4 aromatic carbocycles. The first-order valence-electron chi connectivity index (χ1n) is 7.37. The molecule has 0 saturated heterocycles. The summed E-state index contributed by atoms with van der Waals surface area (Å²) in [6, 6.07) is 21.2. The molecule has 0 radical (unpaired) electrons. The van der Waals surface area contributed by atoms with E-state index < -0.39 is 0 Å². The summed E-state index contributed by atoms with van der Waals surface area (Å²) < 4.78 is 0. The third kappa shape index (κ3) is 3.58. The van der Waals surface area contributed by atoms with E-state index >= 15 is 0 Å². The zero-order valence-corrected chi connectivity index (χ0v) is 12.7. The van der Waals surface area contributed by atoms with Crippen molar-refractivity contribution in [3.63, 3.8) is 0 Å². The van der Waals surface area contributed by atoms with Crippen molar-refractivity contribution >= 4 is 21.5 Å². The minimum atomic E-state index is -0.0753. The molecule has 0 atom stereocenters. The summed E-state index contributed by atoms with van der Waals surface area (Å²) >= 11 is 0. The fraction of sp³-hybridized carbons (Fsp3) is 0.0476. The van der Waals surface area contributed by atoms with E-state index in [1.807, 2.05) is 36.4 Å². The lowest BCUT2D eigenvalue weighted by Crippen LogP contribution is -1.73. The maximum absolute atomic E-state index is 9.41. The topological polar surface area (TPSA) is 80.9 Å². The van der Waals surface area contributed by atoms with Gasteiger partial charge >= 0.3 is 0 Å². The minimum absolute atomic E-state index is 0. The van der Waals surface area contributed by atoms with Crippen LogP contribution in [0.3, 0.4) is 0 Å². The molecular weight excluding hydrogens is 316 g/mol. The van der Waals surface area contributed by atoms with E-state index in [4.69, 9.17) is 10.2 Å². The van der Waals surface area contributed by atoms with Gasteiger partial charge in [0, 0.05) is 10.8 Å². The Morgan fingerprint density at radius 3 is 1.20 bits per heavy atom. The quantitative estimate of drug-likeness (QED) is 0.335. The molecule has 0 spiro atoms. The standard InChI is InChI=1S/2C10H8O2.CH4/c2*11-9-6-5-7-3-1-2-4-8(7)10(9)12;/h2*1-6,11-12H;1H4. The molecule has 0 amide bonds. The highest BCUT2D eigenvalue weighted by molar-refractivity contribution is 5.90. The van der Waals surface area contributed by atoms with Crippen molar-refractivity contribution in [2.24, 2.45) is 0 Å². The van der Waals surface area contributed by atoms with Gasteiger partial charge in [-0.3, -0.25) is 0 Å². The molecule has 0 aliphatic heterocycles. The Bertz CT molecular complexity index is 926. The van der Waals surface area contributed by atoms with Crippen LogP contribution in [0.25, 0.3) is 21.5 Å². The molecule has 0 aliphatic rings. The van der Waals surface area contributed by atoms with Gasteiger partial charge in [-0.25, -0.2) is 0 Å². The van der Waals surface area contributed by atoms with Gasteiger partial charge in [-0.05, 0) is 22.9 Å². The zero-order chi connectivity index (χ0) is 17.1. The van der Waals surface area contributed by atoms with E-state index in [0.29, 0.717) is 10.8 Å². The number of hydrogen-bond acceptors (Lipinski definition) is 4. The van der Waals surface area contributed by atoms with Crippen molar-refractivity contribution < 1.29 is 20.4 Å². The Kier molecular flexibility index (Phi) is 5.35. The number of benzene rings is 4. The number of fused-ring (bicyclic) bond motifs is 2. The Morgan fingerprint density at radius 2 is 0.800 bits per heavy atom. The van der Waals surface area contributed by atoms with Gasteiger partial charge in [0.2, 0.25) is 0 Å². The fourth-order valence-corrected chi connectivity index (χ4v) is 2.49. The smallest absolute Gasteiger partial charge is 0.165 e. The predicted octanol–water partition coefficient (Wildman–Crippen LogP) is 5.14. The van der Waals surface area contributed by atoms with Gasteiger partial charge in [0.15, 0.2) is 23.0 Å². The molecule has 4 N–H and O–H groups in total. The number of phenolic OH excluding ortho intramolecular Hbond substituents is 4. The predicted molar refractivity (Wildman–Crippen MR) is 101 cm³/mol. The van der Waals surface area contributed by atoms with Gasteiger partial charge in [-0.2, -0.15) is 0 Å². The molecule has 0 aromatic heterocycles. The van der Waals surface area contributed by atoms with Crippen LogP contribution in [0.1, 0.15) is 7.43 Å². The maximum atomic E-state index is 9.41. The van der Waals surface area contributed by atoms with Gasteiger partial charge in [-0.1, -0.05) is 68.1 Å². The Hall–Kier alpha value is -3.40. The zero-order valence-electron chi connectivity index (χ0n) is 12.7. The highest BCUT2D eigenvalue weighted by atomic mass is 16.3. The highest BCUT2D eigenvalue weighted by Gasteiger charge is 2.03. The van der Waals surface area contributed by atoms with Gasteiger partial charge in [0.25, 0.3) is 0 Å². The van der Waals surface area contributed by atoms with E-state index in [2.05, 4.69) is 0 Å². The van der Waals surface area contributed by atoms with Gasteiger partial charge in [-0.15, -0.1) is 0 Å². The normalized spacial score (nSPS) is 9.92. The first-order valence-corrected chi connectivity index (χ1v) is 7.37. The Morgan fingerprint density at radius 1 is 0.440 bits per heavy atom. The monoisotopic (exact) mass is 336 g/mol. The average molecular weight is 336 g/mol. The first kappa shape index (κ1) is 17.9. The van der Waals surface area contributed by atoms with E-state index in [1.54, 1.807) is 24.3 Å². The molecule has 25 heavy (non-hydrogen) atoms. The second-order valence-corrected chi connectivity index (χ2v) is 5.31. The summed E-state index contributed by atoms with van der Waals surface area (Å²) in [5.74, 6) is -0.247. The van der Waals surface area contributed by atoms with Crippen molar-refractivity contribution in [3.05, 3.63) is 72.8 Å². The van der Waals surface area contributed by atoms with Crippen LogP contribution in [0.2, 0.25) is 0 Å². The van der Waals surface area contributed by atoms with Crippen LogP contribution in [-0.4, -0.2) is 20.4 Å². The van der Waals surface area contributed by atoms with Gasteiger partial charge < -0.3 is 20.4 Å². The van der Waals surface area contributed by atoms with Crippen molar-refractivity contribution in [1.82, 2.24) is 0 Å². The van der Waals surface area contributed by atoms with Gasteiger partial charge in [0.05, 0.1) is 0 Å². The molecule has 4 rings (SSSR count). The molecule has 0 unspecified atom stereocenters. The largest absolute Gasteiger partial charge is 0.504 e. The molecule has 0 heterocycles. The molecule has 4 nitrogen and oxygen atoms in total. The van der Waals surface area contributed by atoms with E-state index in [9.17, 15) is 10.2 Å². The summed E-state index contributed by atoms with van der Waals surface area (Å²) in [7, 11) is 0. The Labute approximate surface area is 145 Å². The van der Waals surface area contributed by atoms with Crippen molar-refractivity contribution in [2.45, 2.75) is 7.43 Å². The second-order valence-electron chi connectivity index (χ2n) is 5.31. The van der Waals surface area contributed by atoms with E-state index in [1.165, 1.54) is 12.1 Å². The summed E-state index contributed by atoms with van der Waals surface area (Å²) in [4.78, 5) is 0. The molecule has 0 fully saturated rings. The lowest BCUT2D eigenvalue weighted by atomic mass is 10.1. The summed E-state index contributed by atoms with van der Waals surface area (Å²) in [6.07, 6.45) is 0. The molecular formula is C21H20O4. The van der Waals surface area contributed by atoms with Crippen molar-refractivity contribution in [3.8, 4) is 23.0 Å². The third-order valence-electron chi connectivity index (χ3n) is 3.76. The molecule has 0 saturated carbocycles. The summed E-state index contributed by atoms with van der Waals surface area (Å²) in [5, 5.41) is 40.4. The molecule has 4 aromatic rings. The van der Waals surface area contributed by atoms with Gasteiger partial charge in [0.1, 0.15) is 0 Å². The fourth-order valence-electron chi connectivity index (χ4n) is 2.49. The van der Waals surface area contributed by atoms with Crippen LogP contribution in [-0.2, 0) is 0 Å². The lowest BCUT2D eigenvalue weighted by Gasteiger charge is -2.01. The van der Waals surface area contributed by atoms with E-state index in [-0.39, 0.29) is 30.4 Å². The number of rotatable bonds is 0. The van der Waals surface area contributed by atoms with Crippen molar-refractivity contribution in [1.29, 1.82) is 0 Å². The van der Waals surface area contributed by atoms with Crippen LogP contribution in [0.4, 0.5) is 0 Å². The Balaban J connectivity index is 0.000000173. The molecule has 0 bridgehead atoms. The van der Waals surface area contributed by atoms with Crippen LogP contribution in [0.15, 0.2) is 72.8 Å². The van der Waals surface area contributed by atoms with Crippen LogP contribution in [0.5, 0.6) is 23.0 Å². The van der Waals surface area contributed by atoms with E-state index in [0.717, 1.165) is 10.8 Å². The third-order valence-corrected chi connectivity index (χ3v) is 3.76. The summed E-state index contributed by atoms with van der Waals surface area (Å²) in [5.41, 5.74) is 0.